The minimum Gasteiger partial charge on any atom is -0.352 e. The molecular weight excluding hydrogens is 324 g/mol. The van der Waals surface area contributed by atoms with Crippen LogP contribution >= 0.6 is 0 Å². The molecular formula is C18H26N2O3S. The highest BCUT2D eigenvalue weighted by molar-refractivity contribution is 7.92. The molecule has 0 heterocycles. The molecule has 3 atom stereocenters. The Morgan fingerprint density at radius 2 is 1.88 bits per heavy atom. The van der Waals surface area contributed by atoms with Gasteiger partial charge in [-0.05, 0) is 56.1 Å². The molecule has 2 bridgehead atoms. The number of amides is 1. The zero-order chi connectivity index (χ0) is 17.5. The lowest BCUT2D eigenvalue weighted by Crippen LogP contribution is -2.46. The van der Waals surface area contributed by atoms with E-state index in [9.17, 15) is 13.2 Å². The van der Waals surface area contributed by atoms with Gasteiger partial charge >= 0.3 is 0 Å². The van der Waals surface area contributed by atoms with Gasteiger partial charge in [0.05, 0.1) is 11.9 Å². The average molecular weight is 350 g/mol. The van der Waals surface area contributed by atoms with Gasteiger partial charge in [-0.3, -0.25) is 9.10 Å². The third-order valence-corrected chi connectivity index (χ3v) is 6.57. The number of sulfonamides is 1. The van der Waals surface area contributed by atoms with Crippen LogP contribution in [0.15, 0.2) is 18.2 Å². The minimum absolute atomic E-state index is 0.154. The number of nitrogens with one attached hydrogen (secondary N) is 1. The van der Waals surface area contributed by atoms with E-state index in [2.05, 4.69) is 5.32 Å². The molecule has 2 saturated carbocycles. The molecule has 2 aliphatic rings. The first kappa shape index (κ1) is 17.3. The zero-order valence-corrected chi connectivity index (χ0v) is 15.4. The molecule has 0 radical (unpaired) electrons. The van der Waals surface area contributed by atoms with Crippen LogP contribution in [0.1, 0.15) is 36.8 Å². The molecule has 0 spiro atoms. The first-order valence-corrected chi connectivity index (χ1v) is 10.4. The number of anilines is 1. The summed E-state index contributed by atoms with van der Waals surface area (Å²) in [6.07, 6.45) is 5.86. The Kier molecular flexibility index (Phi) is 4.60. The van der Waals surface area contributed by atoms with E-state index in [0.717, 1.165) is 29.7 Å². The molecule has 1 aromatic rings. The molecule has 1 aromatic carbocycles. The van der Waals surface area contributed by atoms with Crippen LogP contribution in [0.25, 0.3) is 0 Å². The van der Waals surface area contributed by atoms with Gasteiger partial charge in [-0.2, -0.15) is 0 Å². The van der Waals surface area contributed by atoms with Gasteiger partial charge in [0.25, 0.3) is 0 Å². The number of hydrogen-bond donors (Lipinski definition) is 1. The van der Waals surface area contributed by atoms with Crippen LogP contribution in [0.2, 0.25) is 0 Å². The molecule has 2 fully saturated rings. The Bertz CT molecular complexity index is 724. The molecule has 0 aliphatic heterocycles. The number of carbonyl (C=O) groups is 1. The number of nitrogens with zero attached hydrogens (tertiary/aromatic N) is 1. The highest BCUT2D eigenvalue weighted by atomic mass is 32.2. The van der Waals surface area contributed by atoms with Crippen LogP contribution in [0.4, 0.5) is 5.69 Å². The van der Waals surface area contributed by atoms with Crippen molar-refractivity contribution in [2.24, 2.45) is 11.8 Å². The Morgan fingerprint density at radius 3 is 2.38 bits per heavy atom. The van der Waals surface area contributed by atoms with Crippen LogP contribution in [-0.4, -0.2) is 33.2 Å². The van der Waals surface area contributed by atoms with Gasteiger partial charge in [-0.15, -0.1) is 0 Å². The molecule has 5 nitrogen and oxygen atoms in total. The normalized spacial score (nSPS) is 25.7. The van der Waals surface area contributed by atoms with Gasteiger partial charge in [0.1, 0.15) is 6.54 Å². The maximum atomic E-state index is 12.5. The van der Waals surface area contributed by atoms with Gasteiger partial charge in [0.2, 0.25) is 15.9 Å². The van der Waals surface area contributed by atoms with Crippen molar-refractivity contribution in [2.75, 3.05) is 17.1 Å². The molecule has 0 aromatic heterocycles. The van der Waals surface area contributed by atoms with Crippen LogP contribution in [0.5, 0.6) is 0 Å². The summed E-state index contributed by atoms with van der Waals surface area (Å²) >= 11 is 0. The van der Waals surface area contributed by atoms with Crippen molar-refractivity contribution >= 4 is 21.6 Å². The molecule has 6 heteroatoms. The van der Waals surface area contributed by atoms with Crippen molar-refractivity contribution in [2.45, 2.75) is 45.6 Å². The second-order valence-electron chi connectivity index (χ2n) is 7.36. The lowest BCUT2D eigenvalue weighted by molar-refractivity contribution is -0.120. The second kappa shape index (κ2) is 6.39. The van der Waals surface area contributed by atoms with E-state index in [1.54, 1.807) is 0 Å². The number of hydrogen-bond acceptors (Lipinski definition) is 3. The van der Waals surface area contributed by atoms with E-state index in [1.807, 2.05) is 32.0 Å². The molecule has 3 rings (SSSR count). The summed E-state index contributed by atoms with van der Waals surface area (Å²) in [5, 5.41) is 3.08. The van der Waals surface area contributed by atoms with Crippen LogP contribution in [0, 0.1) is 25.7 Å². The van der Waals surface area contributed by atoms with Crippen molar-refractivity contribution in [1.82, 2.24) is 5.32 Å². The van der Waals surface area contributed by atoms with Crippen LogP contribution in [-0.2, 0) is 14.8 Å². The fourth-order valence-electron chi connectivity index (χ4n) is 4.37. The predicted molar refractivity (Wildman–Crippen MR) is 95.5 cm³/mol. The van der Waals surface area contributed by atoms with Gasteiger partial charge < -0.3 is 5.32 Å². The summed E-state index contributed by atoms with van der Waals surface area (Å²) in [6.45, 7) is 3.58. The Morgan fingerprint density at radius 1 is 1.21 bits per heavy atom. The molecule has 24 heavy (non-hydrogen) atoms. The molecule has 0 saturated heterocycles. The highest BCUT2D eigenvalue weighted by Gasteiger charge is 2.40. The maximum Gasteiger partial charge on any atom is 0.241 e. The van der Waals surface area contributed by atoms with Crippen molar-refractivity contribution in [3.63, 3.8) is 0 Å². The molecule has 132 valence electrons. The number of para-hydroxylation sites is 1. The fraction of sp³-hybridized carbons (Fsp3) is 0.611. The molecule has 1 amide bonds. The van der Waals surface area contributed by atoms with Crippen molar-refractivity contribution in [1.29, 1.82) is 0 Å². The summed E-state index contributed by atoms with van der Waals surface area (Å²) in [6, 6.07) is 5.85. The first-order chi connectivity index (χ1) is 11.3. The predicted octanol–water partition coefficient (Wildman–Crippen LogP) is 2.37. The van der Waals surface area contributed by atoms with E-state index in [1.165, 1.54) is 23.6 Å². The van der Waals surface area contributed by atoms with E-state index < -0.39 is 10.0 Å². The third-order valence-electron chi connectivity index (χ3n) is 5.46. The smallest absolute Gasteiger partial charge is 0.241 e. The number of carbonyl (C=O) groups excluding carboxylic acids is 1. The SMILES string of the molecule is Cc1cccc(C)c1N(CC(=O)N[C@H]1C[C@H]2CC[C@H]1C2)S(C)(=O)=O. The standard InChI is InChI=1S/C18H26N2O3S/c1-12-5-4-6-13(2)18(12)20(24(3,22)23)11-17(21)19-16-10-14-7-8-15(16)9-14/h4-6,14-16H,7-11H2,1-3H3,(H,19,21)/t14-,15-,16-/m0/s1. The summed E-state index contributed by atoms with van der Waals surface area (Å²) in [5.74, 6) is 1.11. The molecule has 1 N–H and O–H groups in total. The van der Waals surface area contributed by atoms with Gasteiger partial charge in [0, 0.05) is 6.04 Å². The average Bonchev–Trinajstić information content (AvgIpc) is 3.07. The van der Waals surface area contributed by atoms with Gasteiger partial charge in [-0.1, -0.05) is 24.6 Å². The summed E-state index contributed by atoms with van der Waals surface area (Å²) in [5.41, 5.74) is 2.32. The second-order valence-corrected chi connectivity index (χ2v) is 9.27. The van der Waals surface area contributed by atoms with E-state index in [-0.39, 0.29) is 18.5 Å². The van der Waals surface area contributed by atoms with Crippen molar-refractivity contribution < 1.29 is 13.2 Å². The van der Waals surface area contributed by atoms with E-state index >= 15 is 0 Å². The maximum absolute atomic E-state index is 12.5. The Labute approximate surface area is 144 Å². The number of fused-ring (bicyclic) bond motifs is 2. The summed E-state index contributed by atoms with van der Waals surface area (Å²) < 4.78 is 25.8. The van der Waals surface area contributed by atoms with Gasteiger partial charge in [0.15, 0.2) is 0 Å². The minimum atomic E-state index is -3.53. The first-order valence-electron chi connectivity index (χ1n) is 8.59. The monoisotopic (exact) mass is 350 g/mol. The number of aryl methyl sites for hydroxylation is 2. The topological polar surface area (TPSA) is 66.5 Å². The third kappa shape index (κ3) is 3.43. The zero-order valence-electron chi connectivity index (χ0n) is 14.6. The fourth-order valence-corrected chi connectivity index (χ4v) is 5.34. The quantitative estimate of drug-likeness (QED) is 0.886. The summed E-state index contributed by atoms with van der Waals surface area (Å²) in [7, 11) is -3.53. The lowest BCUT2D eigenvalue weighted by atomic mass is 9.95. The van der Waals surface area contributed by atoms with E-state index in [0.29, 0.717) is 11.6 Å². The highest BCUT2D eigenvalue weighted by Crippen LogP contribution is 2.44. The molecule has 2 aliphatic carbocycles. The van der Waals surface area contributed by atoms with Crippen LogP contribution in [0.3, 0.4) is 0 Å². The Hall–Kier alpha value is -1.56. The van der Waals surface area contributed by atoms with Gasteiger partial charge in [-0.25, -0.2) is 8.42 Å². The van der Waals surface area contributed by atoms with Crippen molar-refractivity contribution in [3.8, 4) is 0 Å². The van der Waals surface area contributed by atoms with E-state index in [4.69, 9.17) is 0 Å². The molecule has 0 unspecified atom stereocenters. The van der Waals surface area contributed by atoms with Crippen LogP contribution < -0.4 is 9.62 Å². The number of benzene rings is 1. The van der Waals surface area contributed by atoms with Crippen molar-refractivity contribution in [3.05, 3.63) is 29.3 Å². The lowest BCUT2D eigenvalue weighted by Gasteiger charge is -2.28. The number of rotatable bonds is 5. The summed E-state index contributed by atoms with van der Waals surface area (Å²) in [4.78, 5) is 12.5. The Balaban J connectivity index is 1.77. The largest absolute Gasteiger partial charge is 0.352 e.